The molecule has 90 valence electrons. The van der Waals surface area contributed by atoms with Crippen molar-refractivity contribution in [3.8, 4) is 0 Å². The van der Waals surface area contributed by atoms with E-state index in [0.717, 1.165) is 24.4 Å². The lowest BCUT2D eigenvalue weighted by Gasteiger charge is -2.30. The number of piperidine rings is 1. The van der Waals surface area contributed by atoms with Gasteiger partial charge in [0.1, 0.15) is 6.17 Å². The molecule has 2 aromatic rings. The van der Waals surface area contributed by atoms with E-state index in [2.05, 4.69) is 15.0 Å². The van der Waals surface area contributed by atoms with Gasteiger partial charge in [0.2, 0.25) is 5.28 Å². The third-order valence-corrected chi connectivity index (χ3v) is 3.24. The lowest BCUT2D eigenvalue weighted by atomic mass is 10.1. The number of alkyl halides is 1. The Hall–Kier alpha value is -1.36. The summed E-state index contributed by atoms with van der Waals surface area (Å²) in [5.41, 5.74) is 1.75. The van der Waals surface area contributed by atoms with Gasteiger partial charge >= 0.3 is 0 Å². The van der Waals surface area contributed by atoms with Crippen LogP contribution in [0.5, 0.6) is 0 Å². The third kappa shape index (κ3) is 2.07. The summed E-state index contributed by atoms with van der Waals surface area (Å²) in [4.78, 5) is 6.21. The van der Waals surface area contributed by atoms with E-state index in [0.29, 0.717) is 12.8 Å². The molecule has 1 saturated heterocycles. The van der Waals surface area contributed by atoms with E-state index in [1.807, 2.05) is 18.3 Å². The highest BCUT2D eigenvalue weighted by Gasteiger charge is 2.18. The Morgan fingerprint density at radius 1 is 1.29 bits per heavy atom. The Balaban J connectivity index is 1.89. The summed E-state index contributed by atoms with van der Waals surface area (Å²) < 4.78 is 14.7. The largest absolute Gasteiger partial charge is 0.370 e. The van der Waals surface area contributed by atoms with E-state index in [9.17, 15) is 4.39 Å². The number of nitrogens with zero attached hydrogens (tertiary/aromatic N) is 4. The first-order valence-electron chi connectivity index (χ1n) is 5.63. The average Bonchev–Trinajstić information content (AvgIpc) is 2.69. The van der Waals surface area contributed by atoms with Gasteiger partial charge in [-0.15, -0.1) is 5.10 Å². The van der Waals surface area contributed by atoms with Crippen molar-refractivity contribution in [3.05, 3.63) is 23.6 Å². The van der Waals surface area contributed by atoms with E-state index in [1.54, 1.807) is 4.52 Å². The molecule has 3 rings (SSSR count). The van der Waals surface area contributed by atoms with Gasteiger partial charge < -0.3 is 4.90 Å². The maximum Gasteiger partial charge on any atom is 0.243 e. The fraction of sp³-hybridized carbons (Fsp3) is 0.455. The quantitative estimate of drug-likeness (QED) is 0.783. The second-order valence-corrected chi connectivity index (χ2v) is 4.57. The van der Waals surface area contributed by atoms with Crippen LogP contribution in [0.2, 0.25) is 5.28 Å². The van der Waals surface area contributed by atoms with Crippen molar-refractivity contribution in [1.82, 2.24) is 14.6 Å². The van der Waals surface area contributed by atoms with E-state index < -0.39 is 6.17 Å². The first-order valence-corrected chi connectivity index (χ1v) is 6.01. The van der Waals surface area contributed by atoms with Crippen LogP contribution in [0, 0.1) is 0 Å². The second kappa shape index (κ2) is 4.14. The number of hydrogen-bond donors (Lipinski definition) is 0. The Labute approximate surface area is 103 Å². The third-order valence-electron chi connectivity index (χ3n) is 3.08. The highest BCUT2D eigenvalue weighted by molar-refractivity contribution is 6.28. The van der Waals surface area contributed by atoms with Crippen LogP contribution in [0.3, 0.4) is 0 Å². The summed E-state index contributed by atoms with van der Waals surface area (Å²) in [5.74, 6) is 0. The lowest BCUT2D eigenvalue weighted by molar-refractivity contribution is 0.277. The number of rotatable bonds is 1. The van der Waals surface area contributed by atoms with Crippen LogP contribution in [0.15, 0.2) is 18.3 Å². The molecule has 0 radical (unpaired) electrons. The van der Waals surface area contributed by atoms with Crippen molar-refractivity contribution in [2.45, 2.75) is 19.0 Å². The van der Waals surface area contributed by atoms with Crippen molar-refractivity contribution in [1.29, 1.82) is 0 Å². The summed E-state index contributed by atoms with van der Waals surface area (Å²) >= 11 is 5.73. The maximum absolute atomic E-state index is 13.1. The molecule has 0 atom stereocenters. The SMILES string of the molecule is FC1CCN(c2ccc3nc(Cl)nn3c2)CC1. The minimum atomic E-state index is -0.657. The van der Waals surface area contributed by atoms with Crippen molar-refractivity contribution in [2.75, 3.05) is 18.0 Å². The Bertz CT molecular complexity index is 533. The van der Waals surface area contributed by atoms with Gasteiger partial charge in [-0.25, -0.2) is 8.91 Å². The molecule has 3 heterocycles. The molecule has 2 aromatic heterocycles. The van der Waals surface area contributed by atoms with Crippen LogP contribution in [-0.2, 0) is 0 Å². The molecular formula is C11H12ClFN4. The summed E-state index contributed by atoms with van der Waals surface area (Å²) in [7, 11) is 0. The monoisotopic (exact) mass is 254 g/mol. The molecule has 6 heteroatoms. The summed E-state index contributed by atoms with van der Waals surface area (Å²) in [6, 6.07) is 3.84. The average molecular weight is 255 g/mol. The second-order valence-electron chi connectivity index (χ2n) is 4.23. The van der Waals surface area contributed by atoms with Gasteiger partial charge in [0.05, 0.1) is 11.9 Å². The molecule has 0 unspecified atom stereocenters. The molecule has 1 aliphatic rings. The Morgan fingerprint density at radius 2 is 2.06 bits per heavy atom. The standard InChI is InChI=1S/C11H12ClFN4/c12-11-14-10-2-1-9(7-17(10)15-11)16-5-3-8(13)4-6-16/h1-2,7-8H,3-6H2. The van der Waals surface area contributed by atoms with E-state index in [4.69, 9.17) is 11.6 Å². The van der Waals surface area contributed by atoms with Gasteiger partial charge in [-0.1, -0.05) is 0 Å². The Morgan fingerprint density at radius 3 is 2.82 bits per heavy atom. The zero-order valence-electron chi connectivity index (χ0n) is 9.18. The number of fused-ring (bicyclic) bond motifs is 1. The molecule has 1 fully saturated rings. The first-order chi connectivity index (χ1) is 8.22. The molecule has 1 aliphatic heterocycles. The molecule has 17 heavy (non-hydrogen) atoms. The first kappa shape index (κ1) is 10.8. The van der Waals surface area contributed by atoms with Crippen LogP contribution in [-0.4, -0.2) is 33.9 Å². The zero-order chi connectivity index (χ0) is 11.8. The molecule has 0 spiro atoms. The Kier molecular flexibility index (Phi) is 2.63. The molecule has 0 saturated carbocycles. The van der Waals surface area contributed by atoms with Crippen molar-refractivity contribution in [3.63, 3.8) is 0 Å². The van der Waals surface area contributed by atoms with E-state index in [-0.39, 0.29) is 5.28 Å². The van der Waals surface area contributed by atoms with E-state index in [1.165, 1.54) is 0 Å². The summed E-state index contributed by atoms with van der Waals surface area (Å²) in [6.07, 6.45) is 2.41. The van der Waals surface area contributed by atoms with Gasteiger partial charge in [0.15, 0.2) is 5.65 Å². The van der Waals surface area contributed by atoms with Crippen molar-refractivity contribution < 1.29 is 4.39 Å². The molecule has 0 aliphatic carbocycles. The van der Waals surface area contributed by atoms with E-state index >= 15 is 0 Å². The van der Waals surface area contributed by atoms with Crippen LogP contribution in [0.25, 0.3) is 5.65 Å². The minimum Gasteiger partial charge on any atom is -0.370 e. The van der Waals surface area contributed by atoms with Crippen LogP contribution >= 0.6 is 11.6 Å². The molecular weight excluding hydrogens is 243 g/mol. The number of hydrogen-bond acceptors (Lipinski definition) is 3. The van der Waals surface area contributed by atoms with Crippen molar-refractivity contribution >= 4 is 22.9 Å². The predicted octanol–water partition coefficient (Wildman–Crippen LogP) is 2.32. The number of anilines is 1. The summed E-state index contributed by atoms with van der Waals surface area (Å²) in [5, 5.41) is 4.29. The van der Waals surface area contributed by atoms with Crippen LogP contribution < -0.4 is 4.90 Å². The number of aromatic nitrogens is 3. The fourth-order valence-electron chi connectivity index (χ4n) is 2.14. The molecule has 0 N–H and O–H groups in total. The fourth-order valence-corrected chi connectivity index (χ4v) is 2.31. The molecule has 4 nitrogen and oxygen atoms in total. The topological polar surface area (TPSA) is 33.4 Å². The number of pyridine rings is 1. The van der Waals surface area contributed by atoms with Gasteiger partial charge in [-0.05, 0) is 36.6 Å². The maximum atomic E-state index is 13.1. The number of halogens is 2. The molecule has 0 aromatic carbocycles. The smallest absolute Gasteiger partial charge is 0.243 e. The van der Waals surface area contributed by atoms with Crippen molar-refractivity contribution in [2.24, 2.45) is 0 Å². The van der Waals surface area contributed by atoms with Gasteiger partial charge in [0, 0.05) is 13.1 Å². The highest BCUT2D eigenvalue weighted by atomic mass is 35.5. The minimum absolute atomic E-state index is 0.240. The van der Waals surface area contributed by atoms with Crippen LogP contribution in [0.4, 0.5) is 10.1 Å². The zero-order valence-corrected chi connectivity index (χ0v) is 9.94. The normalized spacial score (nSPS) is 17.9. The van der Waals surface area contributed by atoms with Gasteiger partial charge in [0.25, 0.3) is 0 Å². The summed E-state index contributed by atoms with van der Waals surface area (Å²) in [6.45, 7) is 1.49. The predicted molar refractivity (Wildman–Crippen MR) is 64.3 cm³/mol. The molecule has 0 amide bonds. The van der Waals surface area contributed by atoms with Crippen LogP contribution in [0.1, 0.15) is 12.8 Å². The van der Waals surface area contributed by atoms with Gasteiger partial charge in [-0.3, -0.25) is 0 Å². The molecule has 0 bridgehead atoms. The highest BCUT2D eigenvalue weighted by Crippen LogP contribution is 2.21. The lowest BCUT2D eigenvalue weighted by Crippen LogP contribution is -2.34. The van der Waals surface area contributed by atoms with Gasteiger partial charge in [-0.2, -0.15) is 4.98 Å².